The number of rotatable bonds is 19. The van der Waals surface area contributed by atoms with Crippen LogP contribution in [-0.4, -0.2) is 139 Å². The van der Waals surface area contributed by atoms with E-state index in [9.17, 15) is 28.8 Å². The number of carbonyl (C=O) groups excluding carboxylic acids is 6. The molecule has 2 aliphatic rings. The molecule has 2 N–H and O–H groups in total. The van der Waals surface area contributed by atoms with Crippen LogP contribution in [0.4, 0.5) is 4.79 Å². The van der Waals surface area contributed by atoms with Crippen LogP contribution in [0.15, 0.2) is 30.3 Å². The summed E-state index contributed by atoms with van der Waals surface area (Å²) >= 11 is 0. The lowest BCUT2D eigenvalue weighted by molar-refractivity contribution is -0.149. The van der Waals surface area contributed by atoms with E-state index in [1.54, 1.807) is 51.5 Å². The van der Waals surface area contributed by atoms with Crippen molar-refractivity contribution in [2.45, 2.75) is 155 Å². The monoisotopic (exact) mass is 844 g/mol. The second kappa shape index (κ2) is 22.0. The molecule has 0 bridgehead atoms. The number of methoxy groups -OCH3 is 3. The summed E-state index contributed by atoms with van der Waals surface area (Å²) in [5.74, 6) is -3.06. The third kappa shape index (κ3) is 12.4. The summed E-state index contributed by atoms with van der Waals surface area (Å²) in [5, 5.41) is 5.85. The first kappa shape index (κ1) is 50.1. The van der Waals surface area contributed by atoms with Crippen molar-refractivity contribution in [1.82, 2.24) is 25.3 Å². The molecule has 9 atom stereocenters. The van der Waals surface area contributed by atoms with Gasteiger partial charge in [-0.15, -0.1) is 0 Å². The molecule has 15 heteroatoms. The van der Waals surface area contributed by atoms with E-state index in [-0.39, 0.29) is 36.5 Å². The van der Waals surface area contributed by atoms with Crippen LogP contribution in [0.5, 0.6) is 0 Å². The summed E-state index contributed by atoms with van der Waals surface area (Å²) in [7, 11) is 6.00. The normalized spacial score (nSPS) is 21.6. The minimum Gasteiger partial charge on any atom is -0.467 e. The average Bonchev–Trinajstić information content (AvgIpc) is 3.86. The summed E-state index contributed by atoms with van der Waals surface area (Å²) in [6, 6.07) is 6.54. The van der Waals surface area contributed by atoms with Gasteiger partial charge in [0.25, 0.3) is 0 Å². The number of likely N-dealkylation sites (N-methyl/N-ethyl adjacent to an activating group) is 1. The number of likely N-dealkylation sites (tertiary alicyclic amines) is 2. The van der Waals surface area contributed by atoms with Gasteiger partial charge in [-0.1, -0.05) is 71.4 Å². The van der Waals surface area contributed by atoms with Crippen molar-refractivity contribution in [1.29, 1.82) is 0 Å². The van der Waals surface area contributed by atoms with E-state index < -0.39 is 77.3 Å². The van der Waals surface area contributed by atoms with Crippen molar-refractivity contribution in [3.63, 3.8) is 0 Å². The van der Waals surface area contributed by atoms with Gasteiger partial charge in [0.15, 0.2) is 0 Å². The summed E-state index contributed by atoms with van der Waals surface area (Å²) in [5.41, 5.74) is -1.08. The lowest BCUT2D eigenvalue weighted by atomic mass is 9.89. The van der Waals surface area contributed by atoms with Crippen LogP contribution in [-0.2, 0) is 49.3 Å². The number of nitrogens with zero attached hydrogens (tertiary/aromatic N) is 3. The van der Waals surface area contributed by atoms with Crippen LogP contribution in [0.1, 0.15) is 106 Å². The fraction of sp³-hybridized carbons (Fsp3) is 0.733. The Kier molecular flexibility index (Phi) is 18.4. The molecule has 0 aliphatic carbocycles. The largest absolute Gasteiger partial charge is 0.467 e. The van der Waals surface area contributed by atoms with Crippen LogP contribution in [0.3, 0.4) is 0 Å². The molecule has 2 heterocycles. The molecule has 0 radical (unpaired) electrons. The highest BCUT2D eigenvalue weighted by Crippen LogP contribution is 2.33. The zero-order valence-corrected chi connectivity index (χ0v) is 38.4. The Hall–Kier alpha value is -4.24. The number of benzene rings is 1. The van der Waals surface area contributed by atoms with Gasteiger partial charge in [0, 0.05) is 40.8 Å². The predicted octanol–water partition coefficient (Wildman–Crippen LogP) is 4.74. The van der Waals surface area contributed by atoms with E-state index >= 15 is 0 Å². The van der Waals surface area contributed by atoms with E-state index in [2.05, 4.69) is 10.6 Å². The molecule has 3 rings (SSSR count). The third-order valence-corrected chi connectivity index (χ3v) is 12.3. The maximum Gasteiger partial charge on any atom is 0.411 e. The molecular weight excluding hydrogens is 771 g/mol. The molecule has 2 saturated heterocycles. The Bertz CT molecular complexity index is 1620. The maximum absolute atomic E-state index is 14.5. The molecular formula is C45H73N5O10. The Morgan fingerprint density at radius 1 is 0.933 bits per heavy atom. The fourth-order valence-corrected chi connectivity index (χ4v) is 8.63. The molecule has 0 saturated carbocycles. The summed E-state index contributed by atoms with van der Waals surface area (Å²) < 4.78 is 22.6. The number of hydrogen-bond donors (Lipinski definition) is 2. The van der Waals surface area contributed by atoms with Gasteiger partial charge in [-0.2, -0.15) is 0 Å². The average molecular weight is 844 g/mol. The molecule has 1 aromatic rings. The zero-order valence-electron chi connectivity index (χ0n) is 38.4. The van der Waals surface area contributed by atoms with Gasteiger partial charge < -0.3 is 39.4 Å². The van der Waals surface area contributed by atoms with Crippen LogP contribution in [0.2, 0.25) is 0 Å². The smallest absolute Gasteiger partial charge is 0.411 e. The van der Waals surface area contributed by atoms with Gasteiger partial charge in [0.2, 0.25) is 23.6 Å². The van der Waals surface area contributed by atoms with Crippen LogP contribution in [0, 0.1) is 17.8 Å². The second-order valence-electron chi connectivity index (χ2n) is 18.1. The van der Waals surface area contributed by atoms with Crippen LogP contribution < -0.4 is 10.6 Å². The quantitative estimate of drug-likeness (QED) is 0.186. The second-order valence-corrected chi connectivity index (χ2v) is 18.1. The van der Waals surface area contributed by atoms with Crippen molar-refractivity contribution in [3.8, 4) is 0 Å². The van der Waals surface area contributed by atoms with E-state index in [0.717, 1.165) is 5.56 Å². The Labute approximate surface area is 357 Å². The first-order valence-electron chi connectivity index (χ1n) is 21.5. The zero-order chi connectivity index (χ0) is 45.1. The number of amides is 5. The van der Waals surface area contributed by atoms with Crippen molar-refractivity contribution in [3.05, 3.63) is 35.9 Å². The summed E-state index contributed by atoms with van der Waals surface area (Å²) in [4.78, 5) is 87.2. The Morgan fingerprint density at radius 3 is 2.13 bits per heavy atom. The van der Waals surface area contributed by atoms with Crippen molar-refractivity contribution >= 4 is 35.7 Å². The minimum atomic E-state index is -1.21. The summed E-state index contributed by atoms with van der Waals surface area (Å²) in [6.45, 7) is 17.3. The first-order chi connectivity index (χ1) is 28.1. The van der Waals surface area contributed by atoms with Gasteiger partial charge in [0.05, 0.1) is 43.7 Å². The predicted molar refractivity (Wildman–Crippen MR) is 228 cm³/mol. The van der Waals surface area contributed by atoms with Gasteiger partial charge in [-0.3, -0.25) is 24.1 Å². The Morgan fingerprint density at radius 2 is 1.58 bits per heavy atom. The van der Waals surface area contributed by atoms with E-state index in [0.29, 0.717) is 45.2 Å². The van der Waals surface area contributed by atoms with Crippen molar-refractivity contribution in [2.75, 3.05) is 41.5 Å². The molecule has 338 valence electrons. The van der Waals surface area contributed by atoms with E-state index in [4.69, 9.17) is 18.9 Å². The Balaban J connectivity index is 1.79. The van der Waals surface area contributed by atoms with Gasteiger partial charge in [-0.05, 0) is 70.8 Å². The lowest BCUT2D eigenvalue weighted by Crippen LogP contribution is -2.62. The molecule has 0 spiro atoms. The molecule has 0 aromatic heterocycles. The van der Waals surface area contributed by atoms with E-state index in [1.165, 1.54) is 26.2 Å². The highest BCUT2D eigenvalue weighted by atomic mass is 16.6. The number of ether oxygens (including phenoxy) is 4. The van der Waals surface area contributed by atoms with Gasteiger partial charge >= 0.3 is 12.1 Å². The third-order valence-electron chi connectivity index (χ3n) is 12.3. The maximum atomic E-state index is 14.5. The highest BCUT2D eigenvalue weighted by molar-refractivity contribution is 5.94. The first-order valence-corrected chi connectivity index (χ1v) is 21.5. The SMILES string of the molecule is CCC(C)C(C(CC(=O)N1CCC[C@H]1[C@H](OC)C(C)C(=O)N[C@@H](Cc1ccccc1)C(=O)OC)OC)N(C)C(=O)[C@@H](NC(=O)[C@]1(C)CCCN1C(=O)OC(C)(C)C)C(C)C. The molecule has 4 unspecified atom stereocenters. The standard InChI is InChI=1S/C45H73N5O10/c1-14-29(4)37(48(10)40(53)36(28(2)3)47-42(55)45(9)23-19-25-50(45)43(56)60-44(6,7)8)34(57-11)27-35(51)49-24-18-22-33(49)38(58-12)30(5)39(52)46-32(41(54)59-13)26-31-20-16-15-17-21-31/h15-17,20-21,28-30,32-34,36-38H,14,18-19,22-27H2,1-13H3,(H,46,52)(H,47,55)/t29?,30?,32-,33-,34?,36-,37?,38+,45-/m0/s1. The molecule has 15 nitrogen and oxygen atoms in total. The molecule has 5 amide bonds. The minimum absolute atomic E-state index is 0.0419. The molecule has 2 aliphatic heterocycles. The fourth-order valence-electron chi connectivity index (χ4n) is 8.63. The van der Waals surface area contributed by atoms with Gasteiger partial charge in [0.1, 0.15) is 23.2 Å². The van der Waals surface area contributed by atoms with E-state index in [1.807, 2.05) is 58.0 Å². The summed E-state index contributed by atoms with van der Waals surface area (Å²) in [6.07, 6.45) is 1.28. The highest BCUT2D eigenvalue weighted by Gasteiger charge is 2.49. The van der Waals surface area contributed by atoms with Gasteiger partial charge in [-0.25, -0.2) is 9.59 Å². The van der Waals surface area contributed by atoms with Crippen LogP contribution >= 0.6 is 0 Å². The van der Waals surface area contributed by atoms with Crippen molar-refractivity contribution in [2.24, 2.45) is 17.8 Å². The number of hydrogen-bond acceptors (Lipinski definition) is 10. The lowest BCUT2D eigenvalue weighted by Gasteiger charge is -2.41. The van der Waals surface area contributed by atoms with Crippen LogP contribution in [0.25, 0.3) is 0 Å². The number of nitrogens with one attached hydrogen (secondary N) is 2. The van der Waals surface area contributed by atoms with Crippen molar-refractivity contribution < 1.29 is 47.7 Å². The molecule has 2 fully saturated rings. The molecule has 1 aromatic carbocycles. The molecule has 60 heavy (non-hydrogen) atoms. The topological polar surface area (TPSA) is 173 Å². The number of carbonyl (C=O) groups is 6. The number of esters is 1.